The van der Waals surface area contributed by atoms with Crippen LogP contribution in [0, 0.1) is 0 Å². The molecule has 1 heterocycles. The third kappa shape index (κ3) is 4.41. The number of methoxy groups -OCH3 is 1. The van der Waals surface area contributed by atoms with Crippen LogP contribution in [0.1, 0.15) is 22.8 Å². The van der Waals surface area contributed by atoms with Crippen molar-refractivity contribution in [3.8, 4) is 11.5 Å². The molecule has 0 unspecified atom stereocenters. The van der Waals surface area contributed by atoms with Gasteiger partial charge in [0.05, 0.1) is 7.11 Å². The van der Waals surface area contributed by atoms with Crippen LogP contribution >= 0.6 is 0 Å². The van der Waals surface area contributed by atoms with Crippen LogP contribution in [-0.4, -0.2) is 55.5 Å². The molecular weight excluding hydrogens is 376 g/mol. The van der Waals surface area contributed by atoms with Gasteiger partial charge >= 0.3 is 0 Å². The van der Waals surface area contributed by atoms with Crippen LogP contribution < -0.4 is 9.47 Å². The standard InChI is InChI=1S/C25H28N2O3/c1-3-26-12-14-27(15-13-26)25(28)21-9-11-24(29-2)22(16-21)18-30-23-10-8-19-6-4-5-7-20(19)17-23/h4-11,16-17H,3,12-15,18H2,1-2H3. The highest BCUT2D eigenvalue weighted by Gasteiger charge is 2.22. The quantitative estimate of drug-likeness (QED) is 0.617. The zero-order chi connectivity index (χ0) is 20.9. The minimum atomic E-state index is 0.0698. The number of likely N-dealkylation sites (N-methyl/N-ethyl adjacent to an activating group) is 1. The molecule has 3 aromatic rings. The number of ether oxygens (including phenoxy) is 2. The molecule has 1 aliphatic heterocycles. The number of nitrogens with zero attached hydrogens (tertiary/aromatic N) is 2. The van der Waals surface area contributed by atoms with Crippen molar-refractivity contribution < 1.29 is 14.3 Å². The summed E-state index contributed by atoms with van der Waals surface area (Å²) in [5.41, 5.74) is 1.54. The van der Waals surface area contributed by atoms with Crippen molar-refractivity contribution in [2.24, 2.45) is 0 Å². The molecule has 1 saturated heterocycles. The van der Waals surface area contributed by atoms with Gasteiger partial charge in [0, 0.05) is 37.3 Å². The average Bonchev–Trinajstić information content (AvgIpc) is 2.82. The lowest BCUT2D eigenvalue weighted by Crippen LogP contribution is -2.48. The normalized spacial score (nSPS) is 14.7. The van der Waals surface area contributed by atoms with Gasteiger partial charge in [0.25, 0.3) is 5.91 Å². The first-order chi connectivity index (χ1) is 14.7. The Morgan fingerprint density at radius 1 is 0.933 bits per heavy atom. The van der Waals surface area contributed by atoms with Gasteiger partial charge in [0.1, 0.15) is 18.1 Å². The van der Waals surface area contributed by atoms with Gasteiger partial charge in [-0.25, -0.2) is 0 Å². The molecule has 5 heteroatoms. The van der Waals surface area contributed by atoms with Gasteiger partial charge in [0.15, 0.2) is 0 Å². The van der Waals surface area contributed by atoms with E-state index in [0.29, 0.717) is 12.2 Å². The molecule has 1 fully saturated rings. The molecule has 0 radical (unpaired) electrons. The Morgan fingerprint density at radius 3 is 2.43 bits per heavy atom. The largest absolute Gasteiger partial charge is 0.496 e. The summed E-state index contributed by atoms with van der Waals surface area (Å²) in [7, 11) is 1.64. The van der Waals surface area contributed by atoms with E-state index in [9.17, 15) is 4.79 Å². The van der Waals surface area contributed by atoms with Crippen LogP contribution in [0.5, 0.6) is 11.5 Å². The van der Waals surface area contributed by atoms with E-state index in [1.165, 1.54) is 5.39 Å². The predicted octanol–water partition coefficient (Wildman–Crippen LogP) is 4.21. The first-order valence-electron chi connectivity index (χ1n) is 10.5. The van der Waals surface area contributed by atoms with Crippen LogP contribution in [0.4, 0.5) is 0 Å². The molecule has 1 amide bonds. The van der Waals surface area contributed by atoms with Gasteiger partial charge in [-0.3, -0.25) is 4.79 Å². The van der Waals surface area contributed by atoms with E-state index < -0.39 is 0 Å². The second-order valence-electron chi connectivity index (χ2n) is 7.55. The molecule has 0 spiro atoms. The van der Waals surface area contributed by atoms with Gasteiger partial charge < -0.3 is 19.3 Å². The van der Waals surface area contributed by atoms with E-state index in [1.54, 1.807) is 7.11 Å². The highest BCUT2D eigenvalue weighted by atomic mass is 16.5. The zero-order valence-corrected chi connectivity index (χ0v) is 17.6. The number of hydrogen-bond acceptors (Lipinski definition) is 4. The number of amides is 1. The monoisotopic (exact) mass is 404 g/mol. The molecule has 30 heavy (non-hydrogen) atoms. The summed E-state index contributed by atoms with van der Waals surface area (Å²) in [6.45, 7) is 6.91. The molecule has 0 N–H and O–H groups in total. The maximum atomic E-state index is 13.0. The molecule has 156 valence electrons. The molecule has 5 nitrogen and oxygen atoms in total. The lowest BCUT2D eigenvalue weighted by Gasteiger charge is -2.34. The number of benzene rings is 3. The lowest BCUT2D eigenvalue weighted by atomic mass is 10.1. The summed E-state index contributed by atoms with van der Waals surface area (Å²) in [6.07, 6.45) is 0. The lowest BCUT2D eigenvalue weighted by molar-refractivity contribution is 0.0643. The fraction of sp³-hybridized carbons (Fsp3) is 0.320. The van der Waals surface area contributed by atoms with Crippen molar-refractivity contribution in [3.05, 3.63) is 71.8 Å². The van der Waals surface area contributed by atoms with Gasteiger partial charge in [-0.2, -0.15) is 0 Å². The fourth-order valence-corrected chi connectivity index (χ4v) is 3.89. The summed E-state index contributed by atoms with van der Waals surface area (Å²) >= 11 is 0. The molecule has 0 bridgehead atoms. The van der Waals surface area contributed by atoms with E-state index in [2.05, 4.69) is 30.0 Å². The molecule has 0 aromatic heterocycles. The van der Waals surface area contributed by atoms with E-state index >= 15 is 0 Å². The third-order valence-corrected chi connectivity index (χ3v) is 5.75. The molecule has 0 saturated carbocycles. The van der Waals surface area contributed by atoms with E-state index in [0.717, 1.165) is 55.2 Å². The Labute approximate surface area is 177 Å². The fourth-order valence-electron chi connectivity index (χ4n) is 3.89. The molecular formula is C25H28N2O3. The van der Waals surface area contributed by atoms with Gasteiger partial charge in [-0.05, 0) is 47.6 Å². The van der Waals surface area contributed by atoms with Gasteiger partial charge in [-0.1, -0.05) is 37.3 Å². The smallest absolute Gasteiger partial charge is 0.253 e. The summed E-state index contributed by atoms with van der Waals surface area (Å²) in [6, 6.07) is 19.8. The highest BCUT2D eigenvalue weighted by Crippen LogP contribution is 2.25. The third-order valence-electron chi connectivity index (χ3n) is 5.75. The summed E-state index contributed by atoms with van der Waals surface area (Å²) in [5, 5.41) is 2.32. The second kappa shape index (κ2) is 9.18. The molecule has 4 rings (SSSR count). The maximum Gasteiger partial charge on any atom is 0.253 e. The zero-order valence-electron chi connectivity index (χ0n) is 17.6. The van der Waals surface area contributed by atoms with Gasteiger partial charge in [-0.15, -0.1) is 0 Å². The van der Waals surface area contributed by atoms with E-state index in [4.69, 9.17) is 9.47 Å². The van der Waals surface area contributed by atoms with Crippen LogP contribution in [0.3, 0.4) is 0 Å². The van der Waals surface area contributed by atoms with Crippen molar-refractivity contribution >= 4 is 16.7 Å². The molecule has 1 aliphatic rings. The molecule has 0 atom stereocenters. The number of carbonyl (C=O) groups excluding carboxylic acids is 1. The van der Waals surface area contributed by atoms with Crippen LogP contribution in [0.15, 0.2) is 60.7 Å². The number of hydrogen-bond donors (Lipinski definition) is 0. The Balaban J connectivity index is 1.48. The SMILES string of the molecule is CCN1CCN(C(=O)c2ccc(OC)c(COc3ccc4ccccc4c3)c2)CC1. The average molecular weight is 405 g/mol. The number of piperazine rings is 1. The predicted molar refractivity (Wildman–Crippen MR) is 119 cm³/mol. The van der Waals surface area contributed by atoms with Crippen LogP contribution in [0.2, 0.25) is 0 Å². The topological polar surface area (TPSA) is 42.0 Å². The van der Waals surface area contributed by atoms with Crippen LogP contribution in [-0.2, 0) is 6.61 Å². The Hall–Kier alpha value is -3.05. The highest BCUT2D eigenvalue weighted by molar-refractivity contribution is 5.94. The van der Waals surface area contributed by atoms with Crippen molar-refractivity contribution in [1.82, 2.24) is 9.80 Å². The first-order valence-corrected chi connectivity index (χ1v) is 10.5. The molecule has 0 aliphatic carbocycles. The van der Waals surface area contributed by atoms with E-state index in [-0.39, 0.29) is 5.91 Å². The van der Waals surface area contributed by atoms with Crippen molar-refractivity contribution in [2.45, 2.75) is 13.5 Å². The molecule has 3 aromatic carbocycles. The van der Waals surface area contributed by atoms with E-state index in [1.807, 2.05) is 47.4 Å². The summed E-state index contributed by atoms with van der Waals surface area (Å²) in [4.78, 5) is 17.3. The minimum Gasteiger partial charge on any atom is -0.496 e. The Kier molecular flexibility index (Phi) is 6.19. The second-order valence-corrected chi connectivity index (χ2v) is 7.55. The Morgan fingerprint density at radius 2 is 1.70 bits per heavy atom. The Bertz CT molecular complexity index is 1030. The minimum absolute atomic E-state index is 0.0698. The summed E-state index contributed by atoms with van der Waals surface area (Å²) in [5.74, 6) is 1.59. The first kappa shape index (κ1) is 20.2. The maximum absolute atomic E-state index is 13.0. The number of fused-ring (bicyclic) bond motifs is 1. The number of rotatable bonds is 6. The van der Waals surface area contributed by atoms with Crippen molar-refractivity contribution in [2.75, 3.05) is 39.8 Å². The number of carbonyl (C=O) groups is 1. The summed E-state index contributed by atoms with van der Waals surface area (Å²) < 4.78 is 11.5. The van der Waals surface area contributed by atoms with Crippen molar-refractivity contribution in [3.63, 3.8) is 0 Å². The van der Waals surface area contributed by atoms with Crippen molar-refractivity contribution in [1.29, 1.82) is 0 Å². The van der Waals surface area contributed by atoms with Crippen LogP contribution in [0.25, 0.3) is 10.8 Å². The van der Waals surface area contributed by atoms with Gasteiger partial charge in [0.2, 0.25) is 0 Å².